The molecule has 1 fully saturated rings. The zero-order chi connectivity index (χ0) is 31.2. The first-order valence-electron chi connectivity index (χ1n) is 19.0. The first-order chi connectivity index (χ1) is 21.6. The second-order valence-corrected chi connectivity index (χ2v) is 14.1. The Labute approximate surface area is 270 Å². The van der Waals surface area contributed by atoms with Crippen molar-refractivity contribution in [1.29, 1.82) is 0 Å². The lowest BCUT2D eigenvalue weighted by molar-refractivity contribution is -0.140. The predicted molar refractivity (Wildman–Crippen MR) is 183 cm³/mol. The molecule has 0 aliphatic heterocycles. The molecule has 5 heteroatoms. The van der Waals surface area contributed by atoms with Crippen LogP contribution in [0, 0.1) is 5.92 Å². The molecule has 250 valence electrons. The highest BCUT2D eigenvalue weighted by molar-refractivity contribution is 5.93. The van der Waals surface area contributed by atoms with Crippen LogP contribution < -0.4 is 5.48 Å². The lowest BCUT2D eigenvalue weighted by Gasteiger charge is -2.40. The largest absolute Gasteiger partial charge is 0.339 e. The number of unbranched alkanes of at least 4 members (excludes halogenated alkanes) is 20. The van der Waals surface area contributed by atoms with Gasteiger partial charge in [-0.3, -0.25) is 14.8 Å². The Morgan fingerprint density at radius 2 is 1.20 bits per heavy atom. The number of benzene rings is 1. The highest BCUT2D eigenvalue weighted by Crippen LogP contribution is 2.32. The van der Waals surface area contributed by atoms with Gasteiger partial charge in [-0.1, -0.05) is 141 Å². The Kier molecular flexibility index (Phi) is 18.8. The quantitative estimate of drug-likeness (QED) is 0.0657. The molecule has 1 atom stereocenters. The maximum Gasteiger partial charge on any atom is 0.274 e. The molecular formula is C39H66N2O3. The average Bonchev–Trinajstić information content (AvgIpc) is 3.02. The maximum absolute atomic E-state index is 13.6. The average molecular weight is 611 g/mol. The van der Waals surface area contributed by atoms with Gasteiger partial charge in [0.1, 0.15) is 0 Å². The minimum Gasteiger partial charge on any atom is -0.339 e. The van der Waals surface area contributed by atoms with Crippen molar-refractivity contribution >= 4 is 11.8 Å². The fourth-order valence-corrected chi connectivity index (χ4v) is 7.29. The first-order valence-corrected chi connectivity index (χ1v) is 19.0. The monoisotopic (exact) mass is 611 g/mol. The van der Waals surface area contributed by atoms with E-state index in [9.17, 15) is 9.59 Å². The summed E-state index contributed by atoms with van der Waals surface area (Å²) in [5.74, 6) is -0.0756. The van der Waals surface area contributed by atoms with E-state index < -0.39 is 5.91 Å². The van der Waals surface area contributed by atoms with Crippen molar-refractivity contribution < 1.29 is 14.8 Å². The molecule has 2 aliphatic rings. The number of amides is 2. The molecule has 2 amide bonds. The number of nitrogens with zero attached hydrogens (tertiary/aromatic N) is 1. The van der Waals surface area contributed by atoms with Crippen molar-refractivity contribution in [3.8, 4) is 0 Å². The van der Waals surface area contributed by atoms with E-state index in [-0.39, 0.29) is 5.92 Å². The molecule has 1 saturated carbocycles. The lowest BCUT2D eigenvalue weighted by atomic mass is 9.81. The number of carbonyl (C=O) groups excluding carboxylic acids is 2. The summed E-state index contributed by atoms with van der Waals surface area (Å²) in [7, 11) is 0. The van der Waals surface area contributed by atoms with Crippen molar-refractivity contribution in [2.45, 2.75) is 186 Å². The van der Waals surface area contributed by atoms with Crippen LogP contribution in [-0.4, -0.2) is 34.5 Å². The van der Waals surface area contributed by atoms with E-state index in [1.807, 2.05) is 12.1 Å². The van der Waals surface area contributed by atoms with E-state index in [1.54, 1.807) is 11.5 Å². The molecule has 2 N–H and O–H groups in total. The lowest BCUT2D eigenvalue weighted by Crippen LogP contribution is -2.48. The molecule has 0 spiro atoms. The molecule has 0 radical (unpaired) electrons. The van der Waals surface area contributed by atoms with Crippen LogP contribution in [0.4, 0.5) is 0 Å². The van der Waals surface area contributed by atoms with Crippen LogP contribution in [0.15, 0.2) is 18.2 Å². The molecule has 3 rings (SSSR count). The Morgan fingerprint density at radius 1 is 0.705 bits per heavy atom. The summed E-state index contributed by atoms with van der Waals surface area (Å²) in [6.45, 7) is 3.21. The minimum absolute atomic E-state index is 0.0514. The van der Waals surface area contributed by atoms with Gasteiger partial charge < -0.3 is 4.90 Å². The van der Waals surface area contributed by atoms with Gasteiger partial charge in [0.2, 0.25) is 5.91 Å². The third kappa shape index (κ3) is 13.6. The summed E-state index contributed by atoms with van der Waals surface area (Å²) in [5.41, 5.74) is 4.50. The zero-order valence-electron chi connectivity index (χ0n) is 28.4. The van der Waals surface area contributed by atoms with Crippen molar-refractivity contribution in [2.75, 3.05) is 6.54 Å². The Bertz CT molecular complexity index is 928. The number of nitrogens with one attached hydrogen (secondary N) is 1. The SMILES string of the molecule is CCCCCCCCCCCCCCCCCCCCCCCN(C(=O)C1CCc2cc(C(=O)NO)ccc2C1)C1CCC1. The predicted octanol–water partition coefficient (Wildman–Crippen LogP) is 10.5. The second kappa shape index (κ2) is 22.6. The molecule has 0 heterocycles. The summed E-state index contributed by atoms with van der Waals surface area (Å²) in [5, 5.41) is 8.93. The summed E-state index contributed by atoms with van der Waals surface area (Å²) >= 11 is 0. The molecule has 44 heavy (non-hydrogen) atoms. The molecular weight excluding hydrogens is 544 g/mol. The van der Waals surface area contributed by atoms with E-state index in [1.165, 1.54) is 140 Å². The number of hydrogen-bond acceptors (Lipinski definition) is 3. The summed E-state index contributed by atoms with van der Waals surface area (Å²) in [6, 6.07) is 6.03. The summed E-state index contributed by atoms with van der Waals surface area (Å²) in [4.78, 5) is 27.6. The number of hydrogen-bond donors (Lipinski definition) is 2. The van der Waals surface area contributed by atoms with E-state index in [4.69, 9.17) is 5.21 Å². The van der Waals surface area contributed by atoms with Crippen LogP contribution in [0.3, 0.4) is 0 Å². The molecule has 0 aromatic heterocycles. The van der Waals surface area contributed by atoms with Gasteiger partial charge in [0, 0.05) is 24.1 Å². The van der Waals surface area contributed by atoms with E-state index in [2.05, 4.69) is 11.8 Å². The molecule has 0 bridgehead atoms. The van der Waals surface area contributed by atoms with E-state index in [0.717, 1.165) is 50.6 Å². The highest BCUT2D eigenvalue weighted by Gasteiger charge is 2.34. The fourth-order valence-electron chi connectivity index (χ4n) is 7.29. The Balaban J connectivity index is 1.17. The summed E-state index contributed by atoms with van der Waals surface area (Å²) in [6.07, 6.45) is 35.3. The van der Waals surface area contributed by atoms with Gasteiger partial charge in [0.05, 0.1) is 0 Å². The van der Waals surface area contributed by atoms with Crippen LogP contribution in [0.25, 0.3) is 0 Å². The van der Waals surface area contributed by atoms with Crippen LogP contribution in [0.5, 0.6) is 0 Å². The maximum atomic E-state index is 13.6. The molecule has 0 saturated heterocycles. The van der Waals surface area contributed by atoms with Gasteiger partial charge in [0.15, 0.2) is 0 Å². The van der Waals surface area contributed by atoms with Gasteiger partial charge in [-0.15, -0.1) is 0 Å². The van der Waals surface area contributed by atoms with Crippen LogP contribution in [0.2, 0.25) is 0 Å². The molecule has 1 aromatic rings. The van der Waals surface area contributed by atoms with Crippen LogP contribution in [-0.2, 0) is 17.6 Å². The number of aryl methyl sites for hydroxylation is 1. The van der Waals surface area contributed by atoms with Crippen molar-refractivity contribution in [3.05, 3.63) is 34.9 Å². The number of hydroxylamine groups is 1. The standard InChI is InChI=1S/C39H66N2O3/c1-2-3-4-5-6-7-8-9-10-11-12-13-14-15-16-17-18-19-20-21-22-30-41(37-24-23-25-37)39(43)36-29-27-33-31-35(38(42)40-44)28-26-34(33)32-36/h26,28,31,36-37,44H,2-25,27,29-30,32H2,1H3,(H,40,42). The van der Waals surface area contributed by atoms with Crippen molar-refractivity contribution in [2.24, 2.45) is 5.92 Å². The zero-order valence-corrected chi connectivity index (χ0v) is 28.4. The normalized spacial score (nSPS) is 16.4. The fraction of sp³-hybridized carbons (Fsp3) is 0.795. The highest BCUT2D eigenvalue weighted by atomic mass is 16.5. The van der Waals surface area contributed by atoms with E-state index in [0.29, 0.717) is 17.5 Å². The molecule has 5 nitrogen and oxygen atoms in total. The third-order valence-electron chi connectivity index (χ3n) is 10.4. The second-order valence-electron chi connectivity index (χ2n) is 14.1. The molecule has 2 aliphatic carbocycles. The van der Waals surface area contributed by atoms with Gasteiger partial charge in [-0.05, 0) is 68.2 Å². The van der Waals surface area contributed by atoms with Gasteiger partial charge >= 0.3 is 0 Å². The third-order valence-corrected chi connectivity index (χ3v) is 10.4. The van der Waals surface area contributed by atoms with Gasteiger partial charge in [-0.25, -0.2) is 5.48 Å². The Hall–Kier alpha value is -1.88. The number of rotatable bonds is 25. The van der Waals surface area contributed by atoms with E-state index >= 15 is 0 Å². The Morgan fingerprint density at radius 3 is 1.66 bits per heavy atom. The number of carbonyl (C=O) groups is 2. The van der Waals surface area contributed by atoms with Crippen LogP contribution >= 0.6 is 0 Å². The van der Waals surface area contributed by atoms with Gasteiger partial charge in [0.25, 0.3) is 5.91 Å². The topological polar surface area (TPSA) is 69.6 Å². The molecule has 1 aromatic carbocycles. The van der Waals surface area contributed by atoms with Crippen molar-refractivity contribution in [3.63, 3.8) is 0 Å². The first kappa shape index (κ1) is 36.6. The van der Waals surface area contributed by atoms with Crippen molar-refractivity contribution in [1.82, 2.24) is 10.4 Å². The smallest absolute Gasteiger partial charge is 0.274 e. The summed E-state index contributed by atoms with van der Waals surface area (Å²) < 4.78 is 0. The number of fused-ring (bicyclic) bond motifs is 1. The molecule has 1 unspecified atom stereocenters. The minimum atomic E-state index is -0.479. The van der Waals surface area contributed by atoms with Crippen LogP contribution in [0.1, 0.15) is 189 Å². The van der Waals surface area contributed by atoms with Gasteiger partial charge in [-0.2, -0.15) is 0 Å².